The number of hydrogen-bond donors (Lipinski definition) is 0. The third-order valence-electron chi connectivity index (χ3n) is 3.42. The molecule has 0 spiro atoms. The quantitative estimate of drug-likeness (QED) is 0.694. The van der Waals surface area contributed by atoms with Crippen LogP contribution in [0.5, 0.6) is 0 Å². The van der Waals surface area contributed by atoms with Crippen LogP contribution in [0, 0.1) is 0 Å². The van der Waals surface area contributed by atoms with Gasteiger partial charge in [0.25, 0.3) is 0 Å². The van der Waals surface area contributed by atoms with Gasteiger partial charge in [-0.1, -0.05) is 18.2 Å². The SMILES string of the molecule is CC(C)(C)OC(=O)Cn1c(=O)n(-c2ccccn2)c2ccccc21. The molecule has 2 heterocycles. The summed E-state index contributed by atoms with van der Waals surface area (Å²) >= 11 is 0. The van der Waals surface area contributed by atoms with Crippen molar-refractivity contribution in [2.24, 2.45) is 0 Å². The number of nitrogens with zero attached hydrogens (tertiary/aromatic N) is 3. The fourth-order valence-corrected chi connectivity index (χ4v) is 2.57. The molecule has 0 saturated carbocycles. The van der Waals surface area contributed by atoms with Crippen molar-refractivity contribution in [3.05, 3.63) is 59.1 Å². The maximum Gasteiger partial charge on any atom is 0.335 e. The number of ether oxygens (including phenoxy) is 1. The zero-order valence-electron chi connectivity index (χ0n) is 13.9. The van der Waals surface area contributed by atoms with Gasteiger partial charge in [0.1, 0.15) is 18.0 Å². The van der Waals surface area contributed by atoms with E-state index in [0.29, 0.717) is 16.9 Å². The molecular weight excluding hydrogens is 306 g/mol. The Kier molecular flexibility index (Phi) is 3.97. The van der Waals surface area contributed by atoms with Crippen molar-refractivity contribution in [2.75, 3.05) is 0 Å². The second kappa shape index (κ2) is 5.96. The number of carbonyl (C=O) groups is 1. The summed E-state index contributed by atoms with van der Waals surface area (Å²) in [5.41, 5.74) is 0.449. The minimum Gasteiger partial charge on any atom is -0.459 e. The lowest BCUT2D eigenvalue weighted by molar-refractivity contribution is -0.155. The third kappa shape index (κ3) is 3.08. The van der Waals surface area contributed by atoms with Gasteiger partial charge in [-0.25, -0.2) is 14.3 Å². The van der Waals surface area contributed by atoms with E-state index in [1.165, 1.54) is 9.13 Å². The Labute approximate surface area is 139 Å². The van der Waals surface area contributed by atoms with Gasteiger partial charge in [0.2, 0.25) is 0 Å². The maximum absolute atomic E-state index is 12.9. The lowest BCUT2D eigenvalue weighted by atomic mass is 10.2. The number of pyridine rings is 1. The first-order valence-electron chi connectivity index (χ1n) is 7.70. The molecule has 0 radical (unpaired) electrons. The van der Waals surface area contributed by atoms with Crippen LogP contribution in [0.15, 0.2) is 53.5 Å². The average molecular weight is 325 g/mol. The van der Waals surface area contributed by atoms with Crippen LogP contribution in [0.25, 0.3) is 16.9 Å². The minimum atomic E-state index is -0.597. The van der Waals surface area contributed by atoms with Crippen LogP contribution in [0.4, 0.5) is 0 Å². The number of imidazole rings is 1. The number of para-hydroxylation sites is 2. The van der Waals surface area contributed by atoms with E-state index < -0.39 is 11.6 Å². The molecule has 1 aromatic carbocycles. The Morgan fingerprint density at radius 3 is 2.38 bits per heavy atom. The fourth-order valence-electron chi connectivity index (χ4n) is 2.57. The van der Waals surface area contributed by atoms with E-state index in [-0.39, 0.29) is 12.2 Å². The van der Waals surface area contributed by atoms with Gasteiger partial charge in [0.15, 0.2) is 0 Å². The summed E-state index contributed by atoms with van der Waals surface area (Å²) in [6.45, 7) is 5.25. The lowest BCUT2D eigenvalue weighted by Crippen LogP contribution is -2.31. The van der Waals surface area contributed by atoms with Crippen molar-refractivity contribution in [1.29, 1.82) is 0 Å². The van der Waals surface area contributed by atoms with Gasteiger partial charge in [0, 0.05) is 6.20 Å². The van der Waals surface area contributed by atoms with Crippen LogP contribution >= 0.6 is 0 Å². The molecule has 0 aliphatic rings. The highest BCUT2D eigenvalue weighted by Crippen LogP contribution is 2.17. The predicted molar refractivity (Wildman–Crippen MR) is 91.2 cm³/mol. The van der Waals surface area contributed by atoms with Crippen LogP contribution < -0.4 is 5.69 Å². The zero-order chi connectivity index (χ0) is 17.3. The summed E-state index contributed by atoms with van der Waals surface area (Å²) in [4.78, 5) is 29.3. The summed E-state index contributed by atoms with van der Waals surface area (Å²) in [5.74, 6) is 0.0650. The summed E-state index contributed by atoms with van der Waals surface area (Å²) in [6, 6.07) is 12.7. The molecule has 24 heavy (non-hydrogen) atoms. The van der Waals surface area contributed by atoms with Crippen molar-refractivity contribution in [3.63, 3.8) is 0 Å². The number of fused-ring (bicyclic) bond motifs is 1. The van der Waals surface area contributed by atoms with E-state index in [4.69, 9.17) is 4.74 Å². The number of esters is 1. The van der Waals surface area contributed by atoms with Gasteiger partial charge in [-0.15, -0.1) is 0 Å². The molecule has 0 bridgehead atoms. The number of hydrogen-bond acceptors (Lipinski definition) is 4. The molecule has 124 valence electrons. The summed E-state index contributed by atoms with van der Waals surface area (Å²) in [7, 11) is 0. The fraction of sp³-hybridized carbons (Fsp3) is 0.278. The highest BCUT2D eigenvalue weighted by atomic mass is 16.6. The zero-order valence-corrected chi connectivity index (χ0v) is 13.9. The van der Waals surface area contributed by atoms with Crippen molar-refractivity contribution in [2.45, 2.75) is 32.9 Å². The molecule has 0 aliphatic carbocycles. The molecule has 0 saturated heterocycles. The van der Waals surface area contributed by atoms with Crippen molar-refractivity contribution < 1.29 is 9.53 Å². The predicted octanol–water partition coefficient (Wildman–Crippen LogP) is 2.53. The van der Waals surface area contributed by atoms with E-state index in [9.17, 15) is 9.59 Å². The largest absolute Gasteiger partial charge is 0.459 e. The molecule has 0 N–H and O–H groups in total. The second-order valence-corrected chi connectivity index (χ2v) is 6.47. The Morgan fingerprint density at radius 1 is 1.08 bits per heavy atom. The van der Waals surface area contributed by atoms with Crippen LogP contribution in [0.1, 0.15) is 20.8 Å². The molecule has 6 heteroatoms. The Balaban J connectivity index is 2.11. The molecule has 3 rings (SSSR count). The van der Waals surface area contributed by atoms with Crippen LogP contribution in [-0.4, -0.2) is 25.7 Å². The maximum atomic E-state index is 12.9. The Bertz CT molecular complexity index is 934. The smallest absolute Gasteiger partial charge is 0.335 e. The van der Waals surface area contributed by atoms with E-state index in [1.54, 1.807) is 45.2 Å². The first kappa shape index (κ1) is 16.0. The van der Waals surface area contributed by atoms with Gasteiger partial charge < -0.3 is 4.74 Å². The molecule has 0 fully saturated rings. The Morgan fingerprint density at radius 2 is 1.75 bits per heavy atom. The topological polar surface area (TPSA) is 66.1 Å². The van der Waals surface area contributed by atoms with Gasteiger partial charge in [-0.3, -0.25) is 9.36 Å². The molecule has 0 amide bonds. The third-order valence-corrected chi connectivity index (χ3v) is 3.42. The van der Waals surface area contributed by atoms with Crippen molar-refractivity contribution >= 4 is 17.0 Å². The average Bonchev–Trinajstić information content (AvgIpc) is 2.79. The van der Waals surface area contributed by atoms with Crippen molar-refractivity contribution in [1.82, 2.24) is 14.1 Å². The normalized spacial score (nSPS) is 11.6. The van der Waals surface area contributed by atoms with Crippen LogP contribution in [0.3, 0.4) is 0 Å². The minimum absolute atomic E-state index is 0.142. The van der Waals surface area contributed by atoms with E-state index in [0.717, 1.165) is 0 Å². The highest BCUT2D eigenvalue weighted by molar-refractivity contribution is 5.80. The van der Waals surface area contributed by atoms with Crippen LogP contribution in [-0.2, 0) is 16.1 Å². The lowest BCUT2D eigenvalue weighted by Gasteiger charge is -2.19. The molecular formula is C18H19N3O3. The van der Waals surface area contributed by atoms with Gasteiger partial charge in [-0.2, -0.15) is 0 Å². The number of carbonyl (C=O) groups excluding carboxylic acids is 1. The summed E-state index contributed by atoms with van der Waals surface area (Å²) < 4.78 is 8.25. The van der Waals surface area contributed by atoms with Gasteiger partial charge >= 0.3 is 11.7 Å². The first-order chi connectivity index (χ1) is 11.4. The number of aromatic nitrogens is 3. The molecule has 6 nitrogen and oxygen atoms in total. The van der Waals surface area contributed by atoms with Crippen molar-refractivity contribution in [3.8, 4) is 5.82 Å². The highest BCUT2D eigenvalue weighted by Gasteiger charge is 2.21. The molecule has 3 aromatic rings. The number of benzene rings is 1. The second-order valence-electron chi connectivity index (χ2n) is 6.47. The molecule has 2 aromatic heterocycles. The first-order valence-corrected chi connectivity index (χ1v) is 7.70. The monoisotopic (exact) mass is 325 g/mol. The van der Waals surface area contributed by atoms with Gasteiger partial charge in [-0.05, 0) is 45.0 Å². The van der Waals surface area contributed by atoms with Crippen LogP contribution in [0.2, 0.25) is 0 Å². The molecule has 0 unspecified atom stereocenters. The van der Waals surface area contributed by atoms with E-state index in [2.05, 4.69) is 4.98 Å². The van der Waals surface area contributed by atoms with E-state index in [1.807, 2.05) is 24.3 Å². The summed E-state index contributed by atoms with van der Waals surface area (Å²) in [6.07, 6.45) is 1.63. The number of rotatable bonds is 3. The standard InChI is InChI=1S/C18H19N3O3/c1-18(2,3)24-16(22)12-20-13-8-4-5-9-14(13)21(17(20)23)15-10-6-7-11-19-15/h4-11H,12H2,1-3H3. The molecule has 0 atom stereocenters. The van der Waals surface area contributed by atoms with E-state index >= 15 is 0 Å². The Hall–Kier alpha value is -2.89. The van der Waals surface area contributed by atoms with Gasteiger partial charge in [0.05, 0.1) is 11.0 Å². The molecule has 0 aliphatic heterocycles. The summed E-state index contributed by atoms with van der Waals surface area (Å²) in [5, 5.41) is 0.